The first-order valence-corrected chi connectivity index (χ1v) is 15.2. The molecule has 0 radical (unpaired) electrons. The van der Waals surface area contributed by atoms with Crippen molar-refractivity contribution in [3.8, 4) is 0 Å². The molecule has 0 saturated carbocycles. The van der Waals surface area contributed by atoms with Crippen molar-refractivity contribution in [1.29, 1.82) is 0 Å². The number of rotatable bonds is 10. The highest BCUT2D eigenvalue weighted by Crippen LogP contribution is 2.40. The highest BCUT2D eigenvalue weighted by molar-refractivity contribution is 7.99. The van der Waals surface area contributed by atoms with Gasteiger partial charge in [0, 0.05) is 12.1 Å². The fourth-order valence-electron chi connectivity index (χ4n) is 5.30. The van der Waals surface area contributed by atoms with E-state index in [-0.39, 0.29) is 18.7 Å². The summed E-state index contributed by atoms with van der Waals surface area (Å²) in [6, 6.07) is 11.5. The largest absolute Gasteiger partial charge is 0.394 e. The summed E-state index contributed by atoms with van der Waals surface area (Å²) in [6.07, 6.45) is 0.410. The normalized spacial score (nSPS) is 24.1. The number of hydrogen-bond donors (Lipinski definition) is 5. The van der Waals surface area contributed by atoms with Crippen LogP contribution in [0.3, 0.4) is 0 Å². The van der Waals surface area contributed by atoms with E-state index in [0.29, 0.717) is 41.5 Å². The Morgan fingerprint density at radius 3 is 2.66 bits per heavy atom. The van der Waals surface area contributed by atoms with Crippen LogP contribution >= 0.6 is 11.8 Å². The minimum Gasteiger partial charge on any atom is -0.394 e. The maximum atomic E-state index is 11.0. The maximum absolute atomic E-state index is 11.0. The zero-order chi connectivity index (χ0) is 28.3. The molecule has 0 unspecified atom stereocenters. The third-order valence-corrected chi connectivity index (χ3v) is 8.64. The van der Waals surface area contributed by atoms with E-state index in [1.165, 1.54) is 0 Å². The van der Waals surface area contributed by atoms with E-state index in [2.05, 4.69) is 20.8 Å². The molecule has 12 nitrogen and oxygen atoms in total. The molecule has 2 fully saturated rings. The molecule has 4 aromatic rings. The summed E-state index contributed by atoms with van der Waals surface area (Å²) in [5.74, 6) is 3.36. The molecule has 41 heavy (non-hydrogen) atoms. The topological polar surface area (TPSA) is 164 Å². The van der Waals surface area contributed by atoms with Crippen LogP contribution in [0.2, 0.25) is 0 Å². The van der Waals surface area contributed by atoms with E-state index in [9.17, 15) is 15.3 Å². The Kier molecular flexibility index (Phi) is 8.40. The molecule has 0 bridgehead atoms. The van der Waals surface area contributed by atoms with Crippen molar-refractivity contribution in [3.05, 3.63) is 59.7 Å². The third kappa shape index (κ3) is 5.90. The summed E-state index contributed by atoms with van der Waals surface area (Å²) < 4.78 is 13.1. The van der Waals surface area contributed by atoms with E-state index in [0.717, 1.165) is 35.6 Å². The molecule has 218 valence electrons. The fraction of sp³-hybridized carbons (Fsp3) is 0.500. The molecule has 2 aliphatic rings. The minimum absolute atomic E-state index is 0.118. The van der Waals surface area contributed by atoms with Gasteiger partial charge in [0.05, 0.1) is 24.7 Å². The van der Waals surface area contributed by atoms with Gasteiger partial charge in [0.1, 0.15) is 18.3 Å². The molecular formula is C28H35N7O5S. The molecule has 5 heterocycles. The lowest BCUT2D eigenvalue weighted by molar-refractivity contribution is -0.0434. The van der Waals surface area contributed by atoms with Gasteiger partial charge in [0.15, 0.2) is 29.0 Å². The number of nitrogens with zero attached hydrogens (tertiary/aromatic N) is 5. The second-order valence-electron chi connectivity index (χ2n) is 10.5. The number of aryl methyl sites for hydroxylation is 1. The van der Waals surface area contributed by atoms with Crippen LogP contribution in [0.4, 0.5) is 11.8 Å². The number of aliphatic hydroxyl groups is 3. The van der Waals surface area contributed by atoms with Crippen LogP contribution in [0.5, 0.6) is 0 Å². The number of fused-ring (bicyclic) bond motifs is 1. The lowest BCUT2D eigenvalue weighted by Crippen LogP contribution is -2.30. The van der Waals surface area contributed by atoms with Crippen molar-refractivity contribution in [3.63, 3.8) is 0 Å². The smallest absolute Gasteiger partial charge is 0.227 e. The molecule has 2 saturated heterocycles. The summed E-state index contributed by atoms with van der Waals surface area (Å²) in [5.41, 5.74) is 2.76. The number of thioether (sulfide) groups is 1. The molecule has 0 amide bonds. The van der Waals surface area contributed by atoms with E-state index >= 15 is 0 Å². The number of nitrogens with one attached hydrogen (secondary N) is 2. The summed E-state index contributed by atoms with van der Waals surface area (Å²) in [5, 5.41) is 42.9. The van der Waals surface area contributed by atoms with Crippen molar-refractivity contribution in [2.24, 2.45) is 0 Å². The van der Waals surface area contributed by atoms with Crippen LogP contribution in [-0.4, -0.2) is 82.4 Å². The van der Waals surface area contributed by atoms with Gasteiger partial charge < -0.3 is 35.2 Å². The van der Waals surface area contributed by atoms with Gasteiger partial charge in [0.25, 0.3) is 0 Å². The number of anilines is 2. The van der Waals surface area contributed by atoms with Gasteiger partial charge in [-0.25, -0.2) is 4.98 Å². The number of imidazole rings is 1. The predicted octanol–water partition coefficient (Wildman–Crippen LogP) is 2.69. The standard InChI is InChI=1S/C28H35N7O5S/c1-2-17-13-20(40-34-17)24-22(37)23(38)27(39-24)35-15-29-21-25(30-18-8-10-41-11-9-18)32-28(33-26(21)35)31-19(14-36)12-16-6-4-3-5-7-16/h3-7,13,15,18-19,22-24,27,36-38H,2,8-12,14H2,1H3,(H2,30,31,32,33)/t19-,22-,23+,24+,27+/m0/s1. The van der Waals surface area contributed by atoms with Crippen molar-refractivity contribution in [2.45, 2.75) is 69.2 Å². The average molecular weight is 582 g/mol. The monoisotopic (exact) mass is 581 g/mol. The maximum Gasteiger partial charge on any atom is 0.227 e. The Hall–Kier alpha value is -3.23. The zero-order valence-electron chi connectivity index (χ0n) is 22.8. The van der Waals surface area contributed by atoms with E-state index in [1.54, 1.807) is 17.0 Å². The quantitative estimate of drug-likeness (QED) is 0.186. The summed E-state index contributed by atoms with van der Waals surface area (Å²) in [7, 11) is 0. The Morgan fingerprint density at radius 2 is 1.93 bits per heavy atom. The fourth-order valence-corrected chi connectivity index (χ4v) is 6.41. The van der Waals surface area contributed by atoms with Crippen LogP contribution in [0.1, 0.15) is 49.1 Å². The summed E-state index contributed by atoms with van der Waals surface area (Å²) >= 11 is 1.94. The number of hydrogen-bond acceptors (Lipinski definition) is 12. The van der Waals surface area contributed by atoms with Crippen LogP contribution in [0.25, 0.3) is 11.2 Å². The molecule has 1 aromatic carbocycles. The lowest BCUT2D eigenvalue weighted by Gasteiger charge is -2.24. The van der Waals surface area contributed by atoms with Crippen LogP contribution in [0, 0.1) is 0 Å². The Morgan fingerprint density at radius 1 is 1.12 bits per heavy atom. The Balaban J connectivity index is 1.33. The second kappa shape index (κ2) is 12.3. The molecule has 5 atom stereocenters. The molecule has 5 N–H and O–H groups in total. The molecule has 6 rings (SSSR count). The molecule has 2 aliphatic heterocycles. The first-order chi connectivity index (χ1) is 20.0. The molecule has 3 aromatic heterocycles. The van der Waals surface area contributed by atoms with E-state index in [1.807, 2.05) is 49.0 Å². The molecule has 13 heteroatoms. The van der Waals surface area contributed by atoms with E-state index < -0.39 is 24.5 Å². The van der Waals surface area contributed by atoms with Crippen molar-refractivity contribution >= 4 is 34.7 Å². The summed E-state index contributed by atoms with van der Waals surface area (Å²) in [6.45, 7) is 1.83. The van der Waals surface area contributed by atoms with Gasteiger partial charge in [-0.2, -0.15) is 21.7 Å². The Labute approximate surface area is 241 Å². The zero-order valence-corrected chi connectivity index (χ0v) is 23.6. The Bertz CT molecular complexity index is 1440. The van der Waals surface area contributed by atoms with Gasteiger partial charge in [-0.05, 0) is 42.8 Å². The summed E-state index contributed by atoms with van der Waals surface area (Å²) in [4.78, 5) is 14.1. The van der Waals surface area contributed by atoms with Gasteiger partial charge in [-0.3, -0.25) is 4.57 Å². The average Bonchev–Trinajstić information content (AvgIpc) is 3.72. The third-order valence-electron chi connectivity index (χ3n) is 7.59. The highest BCUT2D eigenvalue weighted by atomic mass is 32.2. The second-order valence-corrected chi connectivity index (χ2v) is 11.7. The van der Waals surface area contributed by atoms with E-state index in [4.69, 9.17) is 19.2 Å². The van der Waals surface area contributed by atoms with Crippen molar-refractivity contribution < 1.29 is 24.6 Å². The first kappa shape index (κ1) is 27.9. The molecule has 0 aliphatic carbocycles. The minimum atomic E-state index is -1.27. The van der Waals surface area contributed by atoms with Gasteiger partial charge in [-0.15, -0.1) is 0 Å². The van der Waals surface area contributed by atoms with Gasteiger partial charge in [0.2, 0.25) is 5.95 Å². The van der Waals surface area contributed by atoms with Gasteiger partial charge >= 0.3 is 0 Å². The molecule has 0 spiro atoms. The number of benzene rings is 1. The molecular weight excluding hydrogens is 546 g/mol. The van der Waals surface area contributed by atoms with Crippen LogP contribution in [-0.2, 0) is 17.6 Å². The van der Waals surface area contributed by atoms with Crippen LogP contribution < -0.4 is 10.6 Å². The number of aromatic nitrogens is 5. The lowest BCUT2D eigenvalue weighted by atomic mass is 10.1. The van der Waals surface area contributed by atoms with Crippen molar-refractivity contribution in [2.75, 3.05) is 28.7 Å². The van der Waals surface area contributed by atoms with Gasteiger partial charge in [-0.1, -0.05) is 42.4 Å². The SMILES string of the molecule is CCc1cc([C@H]2O[C@@H](n3cnc4c(NC5CCSCC5)nc(N[C@H](CO)Cc5ccccc5)nc43)[C@H](O)[C@@H]2O)on1. The predicted molar refractivity (Wildman–Crippen MR) is 155 cm³/mol. The first-order valence-electron chi connectivity index (χ1n) is 14.0. The number of aliphatic hydroxyl groups excluding tert-OH is 3. The highest BCUT2D eigenvalue weighted by Gasteiger charge is 2.47. The number of ether oxygens (including phenoxy) is 1. The van der Waals surface area contributed by atoms with Crippen LogP contribution in [0.15, 0.2) is 47.2 Å². The van der Waals surface area contributed by atoms with Crippen molar-refractivity contribution in [1.82, 2.24) is 24.7 Å².